The summed E-state index contributed by atoms with van der Waals surface area (Å²) in [5.74, 6) is -1.66. The SMILES string of the molecule is CCC(C)C(C(=O)c1ccc(C(=O)O)o1)c1ccccc1. The molecule has 1 aromatic carbocycles. The van der Waals surface area contributed by atoms with Crippen LogP contribution in [0.5, 0.6) is 0 Å². The molecule has 0 bridgehead atoms. The molecule has 2 aromatic rings. The summed E-state index contributed by atoms with van der Waals surface area (Å²) in [4.78, 5) is 23.6. The topological polar surface area (TPSA) is 67.5 Å². The quantitative estimate of drug-likeness (QED) is 0.815. The Labute approximate surface area is 123 Å². The van der Waals surface area contributed by atoms with E-state index in [4.69, 9.17) is 9.52 Å². The maximum absolute atomic E-state index is 12.7. The van der Waals surface area contributed by atoms with Crippen LogP contribution >= 0.6 is 0 Å². The van der Waals surface area contributed by atoms with Crippen molar-refractivity contribution in [3.63, 3.8) is 0 Å². The van der Waals surface area contributed by atoms with Crippen molar-refractivity contribution in [2.45, 2.75) is 26.2 Å². The van der Waals surface area contributed by atoms with Crippen LogP contribution in [0.4, 0.5) is 0 Å². The molecule has 1 aromatic heterocycles. The number of carbonyl (C=O) groups excluding carboxylic acids is 1. The highest BCUT2D eigenvalue weighted by Gasteiger charge is 2.29. The summed E-state index contributed by atoms with van der Waals surface area (Å²) in [6.45, 7) is 4.04. The molecular formula is C17H18O4. The molecule has 2 unspecified atom stereocenters. The minimum absolute atomic E-state index is 0.0987. The predicted octanol–water partition coefficient (Wildman–Crippen LogP) is 3.99. The second-order valence-electron chi connectivity index (χ2n) is 5.11. The first kappa shape index (κ1) is 15.0. The number of hydrogen-bond acceptors (Lipinski definition) is 3. The van der Waals surface area contributed by atoms with Crippen molar-refractivity contribution in [1.82, 2.24) is 0 Å². The first-order valence-corrected chi connectivity index (χ1v) is 6.96. The van der Waals surface area contributed by atoms with E-state index >= 15 is 0 Å². The number of ketones is 1. The first-order chi connectivity index (χ1) is 10.0. The molecule has 1 N–H and O–H groups in total. The summed E-state index contributed by atoms with van der Waals surface area (Å²) < 4.78 is 5.15. The Hall–Kier alpha value is -2.36. The van der Waals surface area contributed by atoms with Crippen LogP contribution < -0.4 is 0 Å². The van der Waals surface area contributed by atoms with Gasteiger partial charge in [0.15, 0.2) is 5.76 Å². The Morgan fingerprint density at radius 1 is 1.10 bits per heavy atom. The van der Waals surface area contributed by atoms with Crippen LogP contribution in [0, 0.1) is 5.92 Å². The van der Waals surface area contributed by atoms with Gasteiger partial charge >= 0.3 is 5.97 Å². The van der Waals surface area contributed by atoms with Gasteiger partial charge in [-0.05, 0) is 23.6 Å². The number of carboxylic acid groups (broad SMARTS) is 1. The average Bonchev–Trinajstić information content (AvgIpc) is 2.98. The number of hydrogen-bond donors (Lipinski definition) is 1. The molecule has 4 heteroatoms. The van der Waals surface area contributed by atoms with Crippen molar-refractivity contribution in [1.29, 1.82) is 0 Å². The van der Waals surface area contributed by atoms with E-state index in [0.717, 1.165) is 12.0 Å². The fourth-order valence-corrected chi connectivity index (χ4v) is 2.37. The van der Waals surface area contributed by atoms with E-state index in [-0.39, 0.29) is 29.1 Å². The molecule has 0 amide bonds. The normalized spacial score (nSPS) is 13.6. The minimum Gasteiger partial charge on any atom is -0.475 e. The highest BCUT2D eigenvalue weighted by molar-refractivity contribution is 5.99. The smallest absolute Gasteiger partial charge is 0.371 e. The molecule has 0 saturated carbocycles. The summed E-state index contributed by atoms with van der Waals surface area (Å²) in [6.07, 6.45) is 0.845. The highest BCUT2D eigenvalue weighted by atomic mass is 16.4. The van der Waals surface area contributed by atoms with Crippen molar-refractivity contribution in [3.8, 4) is 0 Å². The van der Waals surface area contributed by atoms with Gasteiger partial charge in [-0.3, -0.25) is 4.79 Å². The third-order valence-corrected chi connectivity index (χ3v) is 3.71. The molecule has 0 saturated heterocycles. The minimum atomic E-state index is -1.17. The van der Waals surface area contributed by atoms with Crippen LogP contribution in [0.1, 0.15) is 52.9 Å². The van der Waals surface area contributed by atoms with Crippen molar-refractivity contribution in [3.05, 3.63) is 59.5 Å². The number of rotatable bonds is 6. The van der Waals surface area contributed by atoms with Crippen molar-refractivity contribution >= 4 is 11.8 Å². The van der Waals surface area contributed by atoms with Gasteiger partial charge in [0.2, 0.25) is 11.5 Å². The summed E-state index contributed by atoms with van der Waals surface area (Å²) >= 11 is 0. The fourth-order valence-electron chi connectivity index (χ4n) is 2.37. The van der Waals surface area contributed by atoms with Gasteiger partial charge in [0.05, 0.1) is 5.92 Å². The van der Waals surface area contributed by atoms with Gasteiger partial charge in [0, 0.05) is 0 Å². The number of furan rings is 1. The molecule has 0 aliphatic heterocycles. The molecule has 110 valence electrons. The van der Waals surface area contributed by atoms with Crippen molar-refractivity contribution < 1.29 is 19.1 Å². The lowest BCUT2D eigenvalue weighted by Gasteiger charge is -2.21. The van der Waals surface area contributed by atoms with E-state index in [1.165, 1.54) is 12.1 Å². The molecule has 1 heterocycles. The molecule has 0 radical (unpaired) electrons. The Bertz CT molecular complexity index is 627. The summed E-state index contributed by atoms with van der Waals surface area (Å²) in [6, 6.07) is 12.3. The lowest BCUT2D eigenvalue weighted by Crippen LogP contribution is -2.19. The summed E-state index contributed by atoms with van der Waals surface area (Å²) in [5.41, 5.74) is 0.921. The number of benzene rings is 1. The third-order valence-electron chi connectivity index (χ3n) is 3.71. The Morgan fingerprint density at radius 2 is 1.71 bits per heavy atom. The van der Waals surface area contributed by atoms with Gasteiger partial charge in [-0.25, -0.2) is 4.79 Å². The molecule has 0 aliphatic rings. The number of aromatic carboxylic acids is 1. The second-order valence-corrected chi connectivity index (χ2v) is 5.11. The van der Waals surface area contributed by atoms with Gasteiger partial charge in [-0.15, -0.1) is 0 Å². The number of carbonyl (C=O) groups is 2. The van der Waals surface area contributed by atoms with Gasteiger partial charge in [-0.1, -0.05) is 50.6 Å². The van der Waals surface area contributed by atoms with Crippen molar-refractivity contribution in [2.75, 3.05) is 0 Å². The number of Topliss-reactive ketones (excluding diaryl/α,β-unsaturated/α-hetero) is 1. The lowest BCUT2D eigenvalue weighted by molar-refractivity contribution is 0.0659. The van der Waals surface area contributed by atoms with E-state index in [2.05, 4.69) is 0 Å². The fraction of sp³-hybridized carbons (Fsp3) is 0.294. The van der Waals surface area contributed by atoms with Crippen LogP contribution in [0.2, 0.25) is 0 Å². The zero-order chi connectivity index (χ0) is 15.4. The van der Waals surface area contributed by atoms with Gasteiger partial charge in [0.25, 0.3) is 0 Å². The maximum atomic E-state index is 12.7. The zero-order valence-electron chi connectivity index (χ0n) is 12.1. The molecule has 0 spiro atoms. The van der Waals surface area contributed by atoms with E-state index < -0.39 is 5.97 Å². The zero-order valence-corrected chi connectivity index (χ0v) is 12.1. The molecule has 0 fully saturated rings. The monoisotopic (exact) mass is 286 g/mol. The van der Waals surface area contributed by atoms with Crippen LogP contribution in [-0.2, 0) is 0 Å². The first-order valence-electron chi connectivity index (χ1n) is 6.96. The molecular weight excluding hydrogens is 268 g/mol. The Balaban J connectivity index is 2.36. The standard InChI is InChI=1S/C17H18O4/c1-3-11(2)15(12-7-5-4-6-8-12)16(18)13-9-10-14(21-13)17(19)20/h4-11,15H,3H2,1-2H3,(H,19,20). The van der Waals surface area contributed by atoms with Gasteiger partial charge in [0.1, 0.15) is 0 Å². The van der Waals surface area contributed by atoms with Crippen LogP contribution in [0.25, 0.3) is 0 Å². The molecule has 0 aliphatic carbocycles. The van der Waals surface area contributed by atoms with Crippen LogP contribution in [0.3, 0.4) is 0 Å². The molecule has 2 atom stereocenters. The van der Waals surface area contributed by atoms with E-state index in [0.29, 0.717) is 0 Å². The number of carboxylic acids is 1. The van der Waals surface area contributed by atoms with E-state index in [9.17, 15) is 9.59 Å². The third kappa shape index (κ3) is 3.21. The van der Waals surface area contributed by atoms with Gasteiger partial charge < -0.3 is 9.52 Å². The molecule has 4 nitrogen and oxygen atoms in total. The Kier molecular flexibility index (Phi) is 4.58. The van der Waals surface area contributed by atoms with Gasteiger partial charge in [-0.2, -0.15) is 0 Å². The van der Waals surface area contributed by atoms with Crippen molar-refractivity contribution in [2.24, 2.45) is 5.92 Å². The maximum Gasteiger partial charge on any atom is 0.371 e. The summed E-state index contributed by atoms with van der Waals surface area (Å²) in [7, 11) is 0. The van der Waals surface area contributed by atoms with Crippen LogP contribution in [-0.4, -0.2) is 16.9 Å². The highest BCUT2D eigenvalue weighted by Crippen LogP contribution is 2.31. The second kappa shape index (κ2) is 6.39. The summed E-state index contributed by atoms with van der Waals surface area (Å²) in [5, 5.41) is 8.89. The van der Waals surface area contributed by atoms with E-state index in [1.807, 2.05) is 44.2 Å². The largest absolute Gasteiger partial charge is 0.475 e. The lowest BCUT2D eigenvalue weighted by atomic mass is 9.82. The molecule has 21 heavy (non-hydrogen) atoms. The van der Waals surface area contributed by atoms with E-state index in [1.54, 1.807) is 0 Å². The average molecular weight is 286 g/mol. The predicted molar refractivity (Wildman–Crippen MR) is 78.6 cm³/mol. The Morgan fingerprint density at radius 3 is 2.24 bits per heavy atom. The van der Waals surface area contributed by atoms with Crippen LogP contribution in [0.15, 0.2) is 46.9 Å². The molecule has 2 rings (SSSR count).